The van der Waals surface area contributed by atoms with E-state index >= 15 is 0 Å². The van der Waals surface area contributed by atoms with E-state index in [1.54, 1.807) is 4.90 Å². The minimum absolute atomic E-state index is 0.0139. The van der Waals surface area contributed by atoms with Gasteiger partial charge in [0.05, 0.1) is 13.0 Å². The Morgan fingerprint density at radius 1 is 1.21 bits per heavy atom. The summed E-state index contributed by atoms with van der Waals surface area (Å²) in [5.41, 5.74) is 0. The molecule has 0 heterocycles. The summed E-state index contributed by atoms with van der Waals surface area (Å²) >= 11 is 0. The van der Waals surface area contributed by atoms with Crippen LogP contribution in [0.15, 0.2) is 0 Å². The highest BCUT2D eigenvalue weighted by Gasteiger charge is 2.12. The second kappa shape index (κ2) is 6.37. The number of carbonyl (C=O) groups is 2. The van der Waals surface area contributed by atoms with Crippen molar-refractivity contribution in [2.75, 3.05) is 19.6 Å². The molecule has 0 aliphatic heterocycles. The van der Waals surface area contributed by atoms with Crippen molar-refractivity contribution >= 4 is 11.9 Å². The van der Waals surface area contributed by atoms with E-state index in [0.29, 0.717) is 19.0 Å². The standard InChI is InChI=1S/C9H17NO4/c1-7(2)5-10(6-9(13)14)4-3-8(11)12/h7H,3-6H2,1-2H3,(H,11,12)(H,13,14). The quantitative estimate of drug-likeness (QED) is 0.630. The summed E-state index contributed by atoms with van der Waals surface area (Å²) in [7, 11) is 0. The van der Waals surface area contributed by atoms with Crippen LogP contribution in [-0.2, 0) is 9.59 Å². The average Bonchev–Trinajstić information content (AvgIpc) is 1.97. The molecule has 0 spiro atoms. The molecule has 0 bridgehead atoms. The minimum atomic E-state index is -0.920. The zero-order valence-corrected chi connectivity index (χ0v) is 8.56. The molecule has 0 aliphatic carbocycles. The van der Waals surface area contributed by atoms with E-state index in [4.69, 9.17) is 10.2 Å². The summed E-state index contributed by atoms with van der Waals surface area (Å²) < 4.78 is 0. The summed E-state index contributed by atoms with van der Waals surface area (Å²) in [4.78, 5) is 22.4. The predicted molar refractivity (Wildman–Crippen MR) is 51.2 cm³/mol. The molecule has 2 N–H and O–H groups in total. The molecule has 0 aromatic heterocycles. The molecule has 0 radical (unpaired) electrons. The molecule has 0 atom stereocenters. The van der Waals surface area contributed by atoms with E-state index in [9.17, 15) is 9.59 Å². The largest absolute Gasteiger partial charge is 0.481 e. The third kappa shape index (κ3) is 7.54. The molecule has 14 heavy (non-hydrogen) atoms. The Hall–Kier alpha value is -1.10. The van der Waals surface area contributed by atoms with Crippen LogP contribution in [0, 0.1) is 5.92 Å². The second-order valence-electron chi connectivity index (χ2n) is 3.67. The highest BCUT2D eigenvalue weighted by Crippen LogP contribution is 1.99. The Labute approximate surface area is 83.3 Å². The van der Waals surface area contributed by atoms with E-state index < -0.39 is 11.9 Å². The third-order valence-corrected chi connectivity index (χ3v) is 1.62. The highest BCUT2D eigenvalue weighted by molar-refractivity contribution is 5.69. The van der Waals surface area contributed by atoms with Crippen molar-refractivity contribution in [2.24, 2.45) is 5.92 Å². The zero-order chi connectivity index (χ0) is 11.1. The molecule has 0 aliphatic rings. The number of nitrogens with zero attached hydrogens (tertiary/aromatic N) is 1. The van der Waals surface area contributed by atoms with Gasteiger partial charge in [0.2, 0.25) is 0 Å². The molecule has 0 aromatic rings. The Morgan fingerprint density at radius 2 is 1.79 bits per heavy atom. The van der Waals surface area contributed by atoms with Crippen LogP contribution >= 0.6 is 0 Å². The summed E-state index contributed by atoms with van der Waals surface area (Å²) in [6, 6.07) is 0. The molecule has 82 valence electrons. The van der Waals surface area contributed by atoms with Crippen LogP contribution in [0.4, 0.5) is 0 Å². The van der Waals surface area contributed by atoms with Crippen LogP contribution in [0.2, 0.25) is 0 Å². The lowest BCUT2D eigenvalue weighted by Gasteiger charge is -2.21. The number of carboxylic acids is 2. The van der Waals surface area contributed by atoms with Gasteiger partial charge in [0.1, 0.15) is 0 Å². The minimum Gasteiger partial charge on any atom is -0.481 e. The molecule has 0 aromatic carbocycles. The number of carboxylic acid groups (broad SMARTS) is 2. The van der Waals surface area contributed by atoms with Gasteiger partial charge in [-0.05, 0) is 5.92 Å². The lowest BCUT2D eigenvalue weighted by Crippen LogP contribution is -2.34. The summed E-state index contributed by atoms with van der Waals surface area (Å²) in [5, 5.41) is 17.0. The topological polar surface area (TPSA) is 77.8 Å². The predicted octanol–water partition coefficient (Wildman–Crippen LogP) is 0.504. The van der Waals surface area contributed by atoms with E-state index in [0.717, 1.165) is 0 Å². The van der Waals surface area contributed by atoms with E-state index in [1.165, 1.54) is 0 Å². The van der Waals surface area contributed by atoms with Crippen molar-refractivity contribution in [3.63, 3.8) is 0 Å². The van der Waals surface area contributed by atoms with Crippen LogP contribution in [0.5, 0.6) is 0 Å². The smallest absolute Gasteiger partial charge is 0.317 e. The molecule has 0 fully saturated rings. The van der Waals surface area contributed by atoms with Gasteiger partial charge in [-0.1, -0.05) is 13.8 Å². The van der Waals surface area contributed by atoms with Crippen molar-refractivity contribution < 1.29 is 19.8 Å². The van der Waals surface area contributed by atoms with Gasteiger partial charge in [0.15, 0.2) is 0 Å². The van der Waals surface area contributed by atoms with E-state index in [2.05, 4.69) is 0 Å². The van der Waals surface area contributed by atoms with Crippen molar-refractivity contribution in [1.29, 1.82) is 0 Å². The molecule has 0 saturated heterocycles. The molecule has 0 amide bonds. The third-order valence-electron chi connectivity index (χ3n) is 1.62. The molecule has 0 unspecified atom stereocenters. The lowest BCUT2D eigenvalue weighted by molar-refractivity contribution is -0.141. The normalized spacial score (nSPS) is 10.9. The molecular formula is C9H17NO4. The first kappa shape index (κ1) is 12.9. The van der Waals surface area contributed by atoms with E-state index in [-0.39, 0.29) is 13.0 Å². The molecular weight excluding hydrogens is 186 g/mol. The van der Waals surface area contributed by atoms with Crippen molar-refractivity contribution in [3.05, 3.63) is 0 Å². The van der Waals surface area contributed by atoms with Crippen LogP contribution in [-0.4, -0.2) is 46.7 Å². The Kier molecular flexibility index (Phi) is 5.87. The maximum Gasteiger partial charge on any atom is 0.317 e. The number of aliphatic carboxylic acids is 2. The first-order valence-electron chi connectivity index (χ1n) is 4.57. The van der Waals surface area contributed by atoms with Crippen LogP contribution in [0.3, 0.4) is 0 Å². The summed E-state index contributed by atoms with van der Waals surface area (Å²) in [6.45, 7) is 4.75. The molecule has 0 saturated carbocycles. The fourth-order valence-electron chi connectivity index (χ4n) is 1.20. The fraction of sp³-hybridized carbons (Fsp3) is 0.778. The fourth-order valence-corrected chi connectivity index (χ4v) is 1.20. The van der Waals surface area contributed by atoms with Crippen LogP contribution in [0.25, 0.3) is 0 Å². The van der Waals surface area contributed by atoms with Gasteiger partial charge in [-0.25, -0.2) is 0 Å². The Bertz CT molecular complexity index is 203. The first-order valence-corrected chi connectivity index (χ1v) is 4.57. The Balaban J connectivity index is 3.96. The zero-order valence-electron chi connectivity index (χ0n) is 8.56. The SMILES string of the molecule is CC(C)CN(CCC(=O)O)CC(=O)O. The first-order chi connectivity index (χ1) is 6.41. The summed E-state index contributed by atoms with van der Waals surface area (Å²) in [5.74, 6) is -1.48. The molecule has 0 rings (SSSR count). The van der Waals surface area contributed by atoms with E-state index in [1.807, 2.05) is 13.8 Å². The number of hydrogen-bond acceptors (Lipinski definition) is 3. The van der Waals surface area contributed by atoms with Gasteiger partial charge in [0, 0.05) is 13.1 Å². The monoisotopic (exact) mass is 203 g/mol. The van der Waals surface area contributed by atoms with Gasteiger partial charge < -0.3 is 10.2 Å². The Morgan fingerprint density at radius 3 is 2.14 bits per heavy atom. The maximum atomic E-state index is 10.4. The lowest BCUT2D eigenvalue weighted by atomic mass is 10.2. The number of rotatable bonds is 7. The highest BCUT2D eigenvalue weighted by atomic mass is 16.4. The van der Waals surface area contributed by atoms with Gasteiger partial charge in [-0.15, -0.1) is 0 Å². The van der Waals surface area contributed by atoms with Gasteiger partial charge in [-0.3, -0.25) is 14.5 Å². The van der Waals surface area contributed by atoms with Gasteiger partial charge in [-0.2, -0.15) is 0 Å². The van der Waals surface area contributed by atoms with Crippen LogP contribution < -0.4 is 0 Å². The second-order valence-corrected chi connectivity index (χ2v) is 3.67. The average molecular weight is 203 g/mol. The van der Waals surface area contributed by atoms with Crippen molar-refractivity contribution in [2.45, 2.75) is 20.3 Å². The molecule has 5 nitrogen and oxygen atoms in total. The van der Waals surface area contributed by atoms with Gasteiger partial charge >= 0.3 is 11.9 Å². The van der Waals surface area contributed by atoms with Crippen molar-refractivity contribution in [1.82, 2.24) is 4.90 Å². The number of hydrogen-bond donors (Lipinski definition) is 2. The van der Waals surface area contributed by atoms with Gasteiger partial charge in [0.25, 0.3) is 0 Å². The molecule has 5 heteroatoms. The van der Waals surface area contributed by atoms with Crippen molar-refractivity contribution in [3.8, 4) is 0 Å². The van der Waals surface area contributed by atoms with Crippen LogP contribution in [0.1, 0.15) is 20.3 Å². The summed E-state index contributed by atoms with van der Waals surface area (Å²) in [6.07, 6.45) is -0.0139. The maximum absolute atomic E-state index is 10.4.